The Morgan fingerprint density at radius 2 is 2.05 bits per heavy atom. The summed E-state index contributed by atoms with van der Waals surface area (Å²) in [6, 6.07) is 4.90. The highest BCUT2D eigenvalue weighted by Crippen LogP contribution is 2.34. The van der Waals surface area contributed by atoms with Crippen molar-refractivity contribution >= 4 is 39.0 Å². The van der Waals surface area contributed by atoms with Gasteiger partial charge >= 0.3 is 5.97 Å². The average molecular weight is 338 g/mol. The van der Waals surface area contributed by atoms with Gasteiger partial charge in [0, 0.05) is 6.07 Å². The number of aromatic carboxylic acids is 1. The zero-order chi connectivity index (χ0) is 15.3. The second-order valence-corrected chi connectivity index (χ2v) is 4.06. The topological polar surface area (TPSA) is 152 Å². The van der Waals surface area contributed by atoms with Gasteiger partial charge in [-0.2, -0.15) is 15.6 Å². The molecule has 20 heavy (non-hydrogen) atoms. The number of hydrogen-bond donors (Lipinski definition) is 2. The largest absolute Gasteiger partial charge is 0.478 e. The molecule has 1 aromatic carbocycles. The van der Waals surface area contributed by atoms with Crippen LogP contribution in [0.2, 0.25) is 0 Å². The number of nitrogens with zero attached hydrogens (tertiary/aromatic N) is 4. The molecule has 0 radical (unpaired) electrons. The maximum absolute atomic E-state index is 10.9. The van der Waals surface area contributed by atoms with E-state index < -0.39 is 22.3 Å². The van der Waals surface area contributed by atoms with Crippen LogP contribution in [0, 0.1) is 32.8 Å². The van der Waals surface area contributed by atoms with Gasteiger partial charge in [-0.05, 0) is 22.0 Å². The van der Waals surface area contributed by atoms with Gasteiger partial charge in [-0.3, -0.25) is 15.5 Å². The monoisotopic (exact) mass is 337 g/mol. The van der Waals surface area contributed by atoms with Crippen molar-refractivity contribution < 1.29 is 14.8 Å². The average Bonchev–Trinajstić information content (AvgIpc) is 2.40. The maximum Gasteiger partial charge on any atom is 0.335 e. The highest BCUT2D eigenvalue weighted by Gasteiger charge is 2.21. The summed E-state index contributed by atoms with van der Waals surface area (Å²) in [5.74, 6) is -1.33. The van der Waals surface area contributed by atoms with E-state index in [-0.39, 0.29) is 15.7 Å². The van der Waals surface area contributed by atoms with E-state index in [1.54, 1.807) is 0 Å². The fourth-order valence-corrected chi connectivity index (χ4v) is 1.70. The predicted octanol–water partition coefficient (Wildman–Crippen LogP) is 1.87. The molecule has 0 aliphatic heterocycles. The second-order valence-electron chi connectivity index (χ2n) is 3.21. The SMILES string of the molecule is N#CC(C#N)=NNc1c(Br)cc(C(=O)O)cc1[N+](=O)[O-]. The molecule has 1 aromatic rings. The van der Waals surface area contributed by atoms with Crippen molar-refractivity contribution in [2.75, 3.05) is 5.43 Å². The van der Waals surface area contributed by atoms with Crippen molar-refractivity contribution in [1.82, 2.24) is 0 Å². The molecule has 9 nitrogen and oxygen atoms in total. The lowest BCUT2D eigenvalue weighted by Crippen LogP contribution is -2.04. The number of nitro benzene ring substituents is 1. The van der Waals surface area contributed by atoms with Crippen molar-refractivity contribution in [3.05, 3.63) is 32.3 Å². The second kappa shape index (κ2) is 6.26. The molecule has 100 valence electrons. The number of carboxylic acid groups (broad SMARTS) is 1. The first kappa shape index (κ1) is 15.1. The molecule has 0 saturated carbocycles. The Balaban J connectivity index is 3.37. The summed E-state index contributed by atoms with van der Waals surface area (Å²) in [5, 5.41) is 40.1. The Morgan fingerprint density at radius 3 is 2.50 bits per heavy atom. The molecule has 0 saturated heterocycles. The van der Waals surface area contributed by atoms with E-state index in [0.717, 1.165) is 12.1 Å². The minimum atomic E-state index is -1.33. The van der Waals surface area contributed by atoms with E-state index in [9.17, 15) is 14.9 Å². The molecule has 0 fully saturated rings. The van der Waals surface area contributed by atoms with Crippen LogP contribution in [0.25, 0.3) is 0 Å². The van der Waals surface area contributed by atoms with Crippen LogP contribution in [0.15, 0.2) is 21.7 Å². The minimum Gasteiger partial charge on any atom is -0.478 e. The molecule has 1 rings (SSSR count). The van der Waals surface area contributed by atoms with Crippen molar-refractivity contribution in [3.8, 4) is 12.1 Å². The number of carboxylic acids is 1. The summed E-state index contributed by atoms with van der Waals surface area (Å²) in [6.07, 6.45) is 0. The lowest BCUT2D eigenvalue weighted by Gasteiger charge is -2.06. The first-order valence-electron chi connectivity index (χ1n) is 4.75. The Kier molecular flexibility index (Phi) is 4.72. The van der Waals surface area contributed by atoms with Crippen LogP contribution in [0.1, 0.15) is 10.4 Å². The van der Waals surface area contributed by atoms with Gasteiger partial charge in [0.05, 0.1) is 15.0 Å². The number of benzene rings is 1. The van der Waals surface area contributed by atoms with E-state index in [1.165, 1.54) is 12.1 Å². The Labute approximate surface area is 120 Å². The summed E-state index contributed by atoms with van der Waals surface area (Å²) in [5.41, 5.74) is 0.643. The number of nitro groups is 1. The van der Waals surface area contributed by atoms with Crippen LogP contribution in [0.5, 0.6) is 0 Å². The normalized spacial score (nSPS) is 8.95. The van der Waals surface area contributed by atoms with Gasteiger partial charge in [0.2, 0.25) is 5.71 Å². The smallest absolute Gasteiger partial charge is 0.335 e. The summed E-state index contributed by atoms with van der Waals surface area (Å²) in [7, 11) is 0. The summed E-state index contributed by atoms with van der Waals surface area (Å²) in [4.78, 5) is 20.9. The summed E-state index contributed by atoms with van der Waals surface area (Å²) >= 11 is 2.96. The van der Waals surface area contributed by atoms with Gasteiger partial charge in [-0.15, -0.1) is 0 Å². The predicted molar refractivity (Wildman–Crippen MR) is 70.0 cm³/mol. The van der Waals surface area contributed by atoms with E-state index in [2.05, 4.69) is 26.5 Å². The van der Waals surface area contributed by atoms with Crippen LogP contribution < -0.4 is 5.43 Å². The van der Waals surface area contributed by atoms with E-state index in [1.807, 2.05) is 0 Å². The van der Waals surface area contributed by atoms with Crippen LogP contribution in [-0.4, -0.2) is 21.7 Å². The Bertz CT molecular complexity index is 685. The number of nitrogens with one attached hydrogen (secondary N) is 1. The molecule has 0 heterocycles. The Hall–Kier alpha value is -2.98. The van der Waals surface area contributed by atoms with Gasteiger partial charge < -0.3 is 5.11 Å². The van der Waals surface area contributed by atoms with Gasteiger partial charge in [0.1, 0.15) is 17.8 Å². The van der Waals surface area contributed by atoms with Gasteiger partial charge in [0.25, 0.3) is 5.69 Å². The first-order valence-corrected chi connectivity index (χ1v) is 5.55. The molecule has 0 aliphatic carbocycles. The fraction of sp³-hybridized carbons (Fsp3) is 0. The molecule has 0 amide bonds. The number of nitriles is 2. The molecular formula is C10H4BrN5O4. The molecule has 0 atom stereocenters. The van der Waals surface area contributed by atoms with E-state index in [4.69, 9.17) is 15.6 Å². The van der Waals surface area contributed by atoms with E-state index >= 15 is 0 Å². The fourth-order valence-electron chi connectivity index (χ4n) is 1.16. The summed E-state index contributed by atoms with van der Waals surface area (Å²) < 4.78 is 0.0584. The zero-order valence-corrected chi connectivity index (χ0v) is 11.1. The third-order valence-electron chi connectivity index (χ3n) is 2.00. The molecule has 0 unspecified atom stereocenters. The molecular weight excluding hydrogens is 334 g/mol. The Morgan fingerprint density at radius 1 is 1.45 bits per heavy atom. The van der Waals surface area contributed by atoms with Crippen molar-refractivity contribution in [2.24, 2.45) is 5.10 Å². The molecule has 0 bridgehead atoms. The number of anilines is 1. The van der Waals surface area contributed by atoms with Crippen molar-refractivity contribution in [1.29, 1.82) is 10.5 Å². The van der Waals surface area contributed by atoms with E-state index in [0.29, 0.717) is 0 Å². The van der Waals surface area contributed by atoms with Crippen molar-refractivity contribution in [2.45, 2.75) is 0 Å². The maximum atomic E-state index is 10.9. The standard InChI is InChI=1S/C10H4BrN5O4/c11-7-1-5(10(17)18)2-8(16(19)20)9(7)15-14-6(3-12)4-13/h1-2,15H,(H,17,18). The van der Waals surface area contributed by atoms with Crippen molar-refractivity contribution in [3.63, 3.8) is 0 Å². The van der Waals surface area contributed by atoms with Crippen LogP contribution in [0.4, 0.5) is 11.4 Å². The number of hydrogen-bond acceptors (Lipinski definition) is 7. The molecule has 0 aromatic heterocycles. The number of rotatable bonds is 4. The van der Waals surface area contributed by atoms with Crippen LogP contribution in [-0.2, 0) is 0 Å². The number of carbonyl (C=O) groups is 1. The summed E-state index contributed by atoms with van der Waals surface area (Å²) in [6.45, 7) is 0. The van der Waals surface area contributed by atoms with Gasteiger partial charge in [0.15, 0.2) is 0 Å². The van der Waals surface area contributed by atoms with Gasteiger partial charge in [-0.25, -0.2) is 4.79 Å². The lowest BCUT2D eigenvalue weighted by atomic mass is 10.2. The molecule has 10 heteroatoms. The highest BCUT2D eigenvalue weighted by molar-refractivity contribution is 9.10. The number of hydrazone groups is 1. The highest BCUT2D eigenvalue weighted by atomic mass is 79.9. The number of halogens is 1. The van der Waals surface area contributed by atoms with Gasteiger partial charge in [-0.1, -0.05) is 0 Å². The molecule has 0 aliphatic rings. The molecule has 2 N–H and O–H groups in total. The quantitative estimate of drug-likeness (QED) is 0.483. The third kappa shape index (κ3) is 3.28. The third-order valence-corrected chi connectivity index (χ3v) is 2.63. The van der Waals surface area contributed by atoms with Crippen LogP contribution >= 0.6 is 15.9 Å². The minimum absolute atomic E-state index is 0.0584. The zero-order valence-electron chi connectivity index (χ0n) is 9.49. The van der Waals surface area contributed by atoms with Crippen LogP contribution in [0.3, 0.4) is 0 Å². The first-order chi connectivity index (χ1) is 9.40. The lowest BCUT2D eigenvalue weighted by molar-refractivity contribution is -0.384. The molecule has 0 spiro atoms.